The molecule has 1 atom stereocenters. The van der Waals surface area contributed by atoms with Gasteiger partial charge in [0.05, 0.1) is 22.3 Å². The maximum Gasteiger partial charge on any atom is 0.387 e. The number of nitrogens with two attached hydrogens (primary N) is 1. The number of allylic oxidation sites excluding steroid dienone is 1. The second-order valence-corrected chi connectivity index (χ2v) is 9.42. The first kappa shape index (κ1) is 26.2. The van der Waals surface area contributed by atoms with E-state index < -0.39 is 29.3 Å². The third-order valence-corrected chi connectivity index (χ3v) is 6.38. The molecule has 0 fully saturated rings. The number of alkyl halides is 4. The molecule has 0 amide bonds. The maximum atomic E-state index is 13.1. The molecule has 0 aromatic heterocycles. The van der Waals surface area contributed by atoms with Gasteiger partial charge < -0.3 is 9.47 Å². The summed E-state index contributed by atoms with van der Waals surface area (Å²) < 4.78 is 84.2. The minimum Gasteiger partial charge on any atom is -0.434 e. The molecule has 194 valence electrons. The summed E-state index contributed by atoms with van der Waals surface area (Å²) in [5.41, 5.74) is 1.78. The van der Waals surface area contributed by atoms with Crippen molar-refractivity contribution >= 4 is 27.5 Å². The summed E-state index contributed by atoms with van der Waals surface area (Å²) in [6.07, 6.45) is 3.41. The standard InChI is InChI=1S/C25H21F4N3O4S/c26-24(27)35-22-7-3-1-5-16(22)9-10-17-15-21(20-6-2-4-8-23(20)36-25(28)29)32(31-17)18-11-13-19(14-12-18)37(30,33)34/h1-14,21,24-25H,15H2,(H2,30,33,34)/b10-9+. The third kappa shape index (κ3) is 6.46. The number of nitrogens with zero attached hydrogens (tertiary/aromatic N) is 2. The van der Waals surface area contributed by atoms with Gasteiger partial charge in [-0.25, -0.2) is 13.6 Å². The largest absolute Gasteiger partial charge is 0.434 e. The van der Waals surface area contributed by atoms with E-state index in [4.69, 9.17) is 9.88 Å². The molecule has 1 aliphatic rings. The Bertz CT molecular complexity index is 1410. The van der Waals surface area contributed by atoms with Crippen molar-refractivity contribution in [3.8, 4) is 11.5 Å². The van der Waals surface area contributed by atoms with Gasteiger partial charge in [0.1, 0.15) is 11.5 Å². The van der Waals surface area contributed by atoms with Gasteiger partial charge in [0.25, 0.3) is 0 Å². The summed E-state index contributed by atoms with van der Waals surface area (Å²) in [6.45, 7) is -6.04. The lowest BCUT2D eigenvalue weighted by Gasteiger charge is -2.25. The fourth-order valence-electron chi connectivity index (χ4n) is 3.87. The molecule has 0 radical (unpaired) electrons. The number of para-hydroxylation sites is 2. The van der Waals surface area contributed by atoms with Gasteiger partial charge in [-0.1, -0.05) is 36.4 Å². The molecule has 1 aliphatic heterocycles. The summed E-state index contributed by atoms with van der Waals surface area (Å²) >= 11 is 0. The first-order valence-electron chi connectivity index (χ1n) is 10.9. The van der Waals surface area contributed by atoms with Crippen LogP contribution in [-0.2, 0) is 10.0 Å². The normalized spacial score (nSPS) is 16.0. The monoisotopic (exact) mass is 535 g/mol. The molecule has 1 unspecified atom stereocenters. The van der Waals surface area contributed by atoms with Crippen LogP contribution in [0.3, 0.4) is 0 Å². The molecule has 0 saturated carbocycles. The first-order valence-corrected chi connectivity index (χ1v) is 12.4. The van der Waals surface area contributed by atoms with Crippen LogP contribution in [0, 0.1) is 0 Å². The van der Waals surface area contributed by atoms with Crippen LogP contribution in [0.15, 0.2) is 88.9 Å². The second kappa shape index (κ2) is 11.0. The van der Waals surface area contributed by atoms with E-state index >= 15 is 0 Å². The van der Waals surface area contributed by atoms with E-state index in [2.05, 4.69) is 9.84 Å². The number of anilines is 1. The highest BCUT2D eigenvalue weighted by Crippen LogP contribution is 2.40. The maximum absolute atomic E-state index is 13.1. The second-order valence-electron chi connectivity index (χ2n) is 7.86. The van der Waals surface area contributed by atoms with Gasteiger partial charge in [-0.15, -0.1) is 0 Å². The highest BCUT2D eigenvalue weighted by atomic mass is 32.2. The number of hydrogen-bond donors (Lipinski definition) is 1. The summed E-state index contributed by atoms with van der Waals surface area (Å²) in [7, 11) is -3.93. The third-order valence-electron chi connectivity index (χ3n) is 5.45. The van der Waals surface area contributed by atoms with Crippen molar-refractivity contribution < 1.29 is 35.5 Å². The average Bonchev–Trinajstić information content (AvgIpc) is 3.27. The minimum atomic E-state index is -3.93. The van der Waals surface area contributed by atoms with Crippen LogP contribution < -0.4 is 19.6 Å². The van der Waals surface area contributed by atoms with E-state index in [1.54, 1.807) is 53.6 Å². The number of halogens is 4. The molecule has 0 aliphatic carbocycles. The number of ether oxygens (including phenoxy) is 2. The fraction of sp³-hybridized carbons (Fsp3) is 0.160. The lowest BCUT2D eigenvalue weighted by molar-refractivity contribution is -0.0510. The minimum absolute atomic E-state index is 0.0185. The topological polar surface area (TPSA) is 94.2 Å². The Morgan fingerprint density at radius 3 is 2.11 bits per heavy atom. The number of rotatable bonds is 9. The number of hydrogen-bond acceptors (Lipinski definition) is 6. The Balaban J connectivity index is 1.71. The van der Waals surface area contributed by atoms with Gasteiger partial charge >= 0.3 is 13.2 Å². The molecule has 3 aromatic carbocycles. The highest BCUT2D eigenvalue weighted by Gasteiger charge is 2.31. The highest BCUT2D eigenvalue weighted by molar-refractivity contribution is 7.89. The molecule has 12 heteroatoms. The van der Waals surface area contributed by atoms with Crippen molar-refractivity contribution in [2.24, 2.45) is 10.2 Å². The molecule has 37 heavy (non-hydrogen) atoms. The Morgan fingerprint density at radius 2 is 1.46 bits per heavy atom. The predicted molar refractivity (Wildman–Crippen MR) is 130 cm³/mol. The SMILES string of the molecule is NS(=O)(=O)c1ccc(N2N=C(/C=C/c3ccccc3OC(F)F)CC2c2ccccc2OC(F)F)cc1. The van der Waals surface area contributed by atoms with Gasteiger partial charge in [0.2, 0.25) is 10.0 Å². The molecule has 2 N–H and O–H groups in total. The van der Waals surface area contributed by atoms with Crippen LogP contribution in [0.1, 0.15) is 23.6 Å². The van der Waals surface area contributed by atoms with Crippen LogP contribution in [0.2, 0.25) is 0 Å². The van der Waals surface area contributed by atoms with E-state index in [9.17, 15) is 26.0 Å². The number of hydrazone groups is 1. The van der Waals surface area contributed by atoms with Crippen LogP contribution in [0.5, 0.6) is 11.5 Å². The van der Waals surface area contributed by atoms with E-state index in [1.807, 2.05) is 0 Å². The van der Waals surface area contributed by atoms with Crippen molar-refractivity contribution in [2.45, 2.75) is 30.6 Å². The zero-order chi connectivity index (χ0) is 26.6. The molecule has 0 bridgehead atoms. The van der Waals surface area contributed by atoms with E-state index in [0.717, 1.165) is 0 Å². The average molecular weight is 536 g/mol. The Morgan fingerprint density at radius 1 is 0.865 bits per heavy atom. The van der Waals surface area contributed by atoms with Crippen molar-refractivity contribution in [1.82, 2.24) is 0 Å². The number of benzene rings is 3. The van der Waals surface area contributed by atoms with Gasteiger partial charge in [-0.2, -0.15) is 22.7 Å². The summed E-state index contributed by atoms with van der Waals surface area (Å²) in [6, 6.07) is 17.5. The lowest BCUT2D eigenvalue weighted by Crippen LogP contribution is -2.20. The molecule has 3 aromatic rings. The van der Waals surface area contributed by atoms with Crippen molar-refractivity contribution in [2.75, 3.05) is 5.01 Å². The zero-order valence-corrected chi connectivity index (χ0v) is 19.9. The van der Waals surface area contributed by atoms with Gasteiger partial charge in [0.15, 0.2) is 0 Å². The van der Waals surface area contributed by atoms with E-state index in [0.29, 0.717) is 22.5 Å². The fourth-order valence-corrected chi connectivity index (χ4v) is 4.38. The summed E-state index contributed by atoms with van der Waals surface area (Å²) in [5.74, 6) is -0.0558. The molecule has 0 spiro atoms. The first-order chi connectivity index (χ1) is 17.6. The Hall–Kier alpha value is -3.90. The molecule has 7 nitrogen and oxygen atoms in total. The van der Waals surface area contributed by atoms with Crippen LogP contribution in [-0.4, -0.2) is 27.4 Å². The number of primary sulfonamides is 1. The molecule has 1 heterocycles. The van der Waals surface area contributed by atoms with Gasteiger partial charge in [-0.3, -0.25) is 5.01 Å². The molecular formula is C25H21F4N3O4S. The Labute approximate surface area is 210 Å². The zero-order valence-electron chi connectivity index (χ0n) is 19.0. The van der Waals surface area contributed by atoms with Gasteiger partial charge in [-0.05, 0) is 48.6 Å². The summed E-state index contributed by atoms with van der Waals surface area (Å²) in [5, 5.41) is 11.3. The predicted octanol–water partition coefficient (Wildman–Crippen LogP) is 5.56. The smallest absolute Gasteiger partial charge is 0.387 e. The van der Waals surface area contributed by atoms with E-state index in [-0.39, 0.29) is 22.8 Å². The van der Waals surface area contributed by atoms with Crippen molar-refractivity contribution in [3.05, 3.63) is 90.0 Å². The molecule has 0 saturated heterocycles. The van der Waals surface area contributed by atoms with Crippen LogP contribution >= 0.6 is 0 Å². The lowest BCUT2D eigenvalue weighted by atomic mass is 9.99. The summed E-state index contributed by atoms with van der Waals surface area (Å²) in [4.78, 5) is -0.104. The van der Waals surface area contributed by atoms with Crippen molar-refractivity contribution in [3.63, 3.8) is 0 Å². The Kier molecular flexibility index (Phi) is 7.79. The van der Waals surface area contributed by atoms with Crippen LogP contribution in [0.25, 0.3) is 6.08 Å². The number of sulfonamides is 1. The van der Waals surface area contributed by atoms with E-state index in [1.165, 1.54) is 36.4 Å². The molecule has 4 rings (SSSR count). The van der Waals surface area contributed by atoms with Gasteiger partial charge in [0, 0.05) is 17.5 Å². The van der Waals surface area contributed by atoms with Crippen LogP contribution in [0.4, 0.5) is 23.2 Å². The quantitative estimate of drug-likeness (QED) is 0.362. The van der Waals surface area contributed by atoms with Crippen molar-refractivity contribution in [1.29, 1.82) is 0 Å². The molecular weight excluding hydrogens is 514 g/mol.